The van der Waals surface area contributed by atoms with Gasteiger partial charge in [0.1, 0.15) is 5.78 Å². The van der Waals surface area contributed by atoms with E-state index in [-0.39, 0.29) is 17.3 Å². The van der Waals surface area contributed by atoms with E-state index in [0.29, 0.717) is 22.7 Å². The van der Waals surface area contributed by atoms with Crippen LogP contribution in [0.15, 0.2) is 24.3 Å². The van der Waals surface area contributed by atoms with Crippen molar-refractivity contribution < 1.29 is 14.3 Å². The van der Waals surface area contributed by atoms with Crippen LogP contribution in [-0.4, -0.2) is 18.9 Å². The summed E-state index contributed by atoms with van der Waals surface area (Å²) in [7, 11) is 1.42. The van der Waals surface area contributed by atoms with E-state index in [0.717, 1.165) is 54.8 Å². The van der Waals surface area contributed by atoms with E-state index in [4.69, 9.17) is 4.74 Å². The van der Waals surface area contributed by atoms with Gasteiger partial charge < -0.3 is 4.74 Å². The molecule has 0 amide bonds. The molecule has 0 aliphatic heterocycles. The number of ketones is 1. The molecule has 4 aliphatic carbocycles. The quantitative estimate of drug-likeness (QED) is 0.313. The van der Waals surface area contributed by atoms with Crippen molar-refractivity contribution in [1.82, 2.24) is 0 Å². The van der Waals surface area contributed by atoms with Crippen LogP contribution >= 0.6 is 0 Å². The van der Waals surface area contributed by atoms with Crippen LogP contribution in [0.4, 0.5) is 0 Å². The standard InChI is InChI=1S/C36H54O3/c1-23(2)8-7-9-24(3)29-16-17-30-27-14-15-31-28(22-25-10-12-26(13-11-25)34(38)39-6)33(37)19-21-36(31,5)32(27)18-20-35(29,30)4/h10-13,23-24,27-32H,7-9,14-22H2,1-6H3/t24-,27+,28+,29-,30+,31+,32+,35-,36+/m1/s1. The molecular formula is C36H54O3. The molecule has 39 heavy (non-hydrogen) atoms. The molecule has 0 bridgehead atoms. The zero-order chi connectivity index (χ0) is 27.9. The number of hydrogen-bond donors (Lipinski definition) is 0. The number of hydrogen-bond acceptors (Lipinski definition) is 3. The van der Waals surface area contributed by atoms with Crippen LogP contribution in [0.3, 0.4) is 0 Å². The van der Waals surface area contributed by atoms with Crippen LogP contribution in [0.2, 0.25) is 0 Å². The molecule has 0 saturated heterocycles. The number of fused-ring (bicyclic) bond motifs is 5. The monoisotopic (exact) mass is 534 g/mol. The molecular weight excluding hydrogens is 480 g/mol. The van der Waals surface area contributed by atoms with E-state index in [9.17, 15) is 9.59 Å². The molecule has 0 aromatic heterocycles. The number of esters is 1. The van der Waals surface area contributed by atoms with Crippen molar-refractivity contribution in [2.24, 2.45) is 58.2 Å². The Morgan fingerprint density at radius 2 is 1.59 bits per heavy atom. The summed E-state index contributed by atoms with van der Waals surface area (Å²) >= 11 is 0. The minimum atomic E-state index is -0.301. The zero-order valence-corrected chi connectivity index (χ0v) is 25.6. The summed E-state index contributed by atoms with van der Waals surface area (Å²) in [5.74, 6) is 5.88. The molecule has 9 atom stereocenters. The lowest BCUT2D eigenvalue weighted by atomic mass is 9.43. The second kappa shape index (κ2) is 11.3. The van der Waals surface area contributed by atoms with Crippen molar-refractivity contribution in [2.45, 2.75) is 112 Å². The van der Waals surface area contributed by atoms with Gasteiger partial charge in [-0.15, -0.1) is 0 Å². The van der Waals surface area contributed by atoms with Gasteiger partial charge in [0.05, 0.1) is 12.7 Å². The normalized spacial score (nSPS) is 38.6. The van der Waals surface area contributed by atoms with Crippen molar-refractivity contribution in [3.05, 3.63) is 35.4 Å². The van der Waals surface area contributed by atoms with Crippen molar-refractivity contribution in [3.8, 4) is 0 Å². The molecule has 4 fully saturated rings. The van der Waals surface area contributed by atoms with Crippen LogP contribution < -0.4 is 0 Å². The number of benzene rings is 1. The largest absolute Gasteiger partial charge is 0.465 e. The first-order valence-electron chi connectivity index (χ1n) is 16.3. The SMILES string of the molecule is COC(=O)c1ccc(C[C@@H]2C(=O)CC[C@]3(C)[C@H]4CC[C@]5(C)[C@@H]([C@H](C)CCCC(C)C)CC[C@H]5[C@@H]4CC[C@@H]23)cc1. The fourth-order valence-corrected chi connectivity index (χ4v) is 10.7. The number of rotatable bonds is 8. The van der Waals surface area contributed by atoms with E-state index in [1.54, 1.807) is 0 Å². The smallest absolute Gasteiger partial charge is 0.337 e. The molecule has 0 spiro atoms. The Morgan fingerprint density at radius 1 is 0.897 bits per heavy atom. The van der Waals surface area contributed by atoms with Crippen LogP contribution in [0, 0.1) is 58.2 Å². The van der Waals surface area contributed by atoms with Crippen LogP contribution in [0.25, 0.3) is 0 Å². The second-order valence-corrected chi connectivity index (χ2v) is 15.1. The first kappa shape index (κ1) is 28.9. The number of carbonyl (C=O) groups is 2. The first-order valence-corrected chi connectivity index (χ1v) is 16.3. The summed E-state index contributed by atoms with van der Waals surface area (Å²) < 4.78 is 4.87. The van der Waals surface area contributed by atoms with E-state index in [1.807, 2.05) is 24.3 Å². The number of carbonyl (C=O) groups excluding carboxylic acids is 2. The predicted molar refractivity (Wildman–Crippen MR) is 158 cm³/mol. The Bertz CT molecular complexity index is 1030. The van der Waals surface area contributed by atoms with E-state index in [1.165, 1.54) is 70.5 Å². The molecule has 3 nitrogen and oxygen atoms in total. The third-order valence-electron chi connectivity index (χ3n) is 12.8. The minimum absolute atomic E-state index is 0.124. The van der Waals surface area contributed by atoms with E-state index >= 15 is 0 Å². The lowest BCUT2D eigenvalue weighted by Gasteiger charge is -2.62. The Morgan fingerprint density at radius 3 is 2.28 bits per heavy atom. The highest BCUT2D eigenvalue weighted by atomic mass is 16.5. The predicted octanol–water partition coefficient (Wildman–Crippen LogP) is 8.93. The summed E-state index contributed by atoms with van der Waals surface area (Å²) in [4.78, 5) is 25.3. The zero-order valence-electron chi connectivity index (χ0n) is 25.6. The third-order valence-corrected chi connectivity index (χ3v) is 12.8. The Balaban J connectivity index is 1.30. The van der Waals surface area contributed by atoms with Gasteiger partial charge >= 0.3 is 5.97 Å². The van der Waals surface area contributed by atoms with Crippen molar-refractivity contribution in [3.63, 3.8) is 0 Å². The highest BCUT2D eigenvalue weighted by Gasteiger charge is 2.61. The maximum Gasteiger partial charge on any atom is 0.337 e. The van der Waals surface area contributed by atoms with Gasteiger partial charge in [-0.05, 0) is 121 Å². The lowest BCUT2D eigenvalue weighted by Crippen LogP contribution is -2.56. The summed E-state index contributed by atoms with van der Waals surface area (Å²) in [6, 6.07) is 7.77. The van der Waals surface area contributed by atoms with Gasteiger partial charge in [0.15, 0.2) is 0 Å². The van der Waals surface area contributed by atoms with Gasteiger partial charge in [0, 0.05) is 12.3 Å². The highest BCUT2D eigenvalue weighted by Crippen LogP contribution is 2.68. The molecule has 3 heteroatoms. The van der Waals surface area contributed by atoms with Crippen LogP contribution in [-0.2, 0) is 16.0 Å². The summed E-state index contributed by atoms with van der Waals surface area (Å²) in [6.45, 7) is 12.6. The van der Waals surface area contributed by atoms with Gasteiger partial charge in [0.2, 0.25) is 0 Å². The molecule has 0 N–H and O–H groups in total. The minimum Gasteiger partial charge on any atom is -0.465 e. The van der Waals surface area contributed by atoms with Gasteiger partial charge in [-0.25, -0.2) is 4.79 Å². The molecule has 0 radical (unpaired) electrons. The Hall–Kier alpha value is -1.64. The molecule has 4 aliphatic rings. The van der Waals surface area contributed by atoms with Gasteiger partial charge in [0.25, 0.3) is 0 Å². The molecule has 0 heterocycles. The lowest BCUT2D eigenvalue weighted by molar-refractivity contribution is -0.152. The Kier molecular flexibility index (Phi) is 8.38. The van der Waals surface area contributed by atoms with Crippen LogP contribution in [0.1, 0.15) is 121 Å². The summed E-state index contributed by atoms with van der Waals surface area (Å²) in [6.07, 6.45) is 15.0. The highest BCUT2D eigenvalue weighted by molar-refractivity contribution is 5.89. The van der Waals surface area contributed by atoms with Gasteiger partial charge in [-0.3, -0.25) is 4.79 Å². The summed E-state index contributed by atoms with van der Waals surface area (Å²) in [5.41, 5.74) is 2.56. The summed E-state index contributed by atoms with van der Waals surface area (Å²) in [5, 5.41) is 0. The molecule has 216 valence electrons. The maximum atomic E-state index is 13.4. The molecule has 5 rings (SSSR count). The van der Waals surface area contributed by atoms with Gasteiger partial charge in [-0.2, -0.15) is 0 Å². The number of methoxy groups -OCH3 is 1. The average Bonchev–Trinajstić information content (AvgIpc) is 3.27. The van der Waals surface area contributed by atoms with Gasteiger partial charge in [-0.1, -0.05) is 66.0 Å². The topological polar surface area (TPSA) is 43.4 Å². The van der Waals surface area contributed by atoms with Crippen molar-refractivity contribution in [1.29, 1.82) is 0 Å². The fourth-order valence-electron chi connectivity index (χ4n) is 10.7. The average molecular weight is 535 g/mol. The molecule has 4 saturated carbocycles. The Labute approximate surface area is 238 Å². The number of Topliss-reactive ketones (excluding diaryl/α,β-unsaturated/α-hetero) is 1. The molecule has 0 unspecified atom stereocenters. The van der Waals surface area contributed by atoms with Crippen LogP contribution in [0.5, 0.6) is 0 Å². The van der Waals surface area contributed by atoms with E-state index < -0.39 is 0 Å². The number of ether oxygens (including phenoxy) is 1. The van der Waals surface area contributed by atoms with Crippen molar-refractivity contribution >= 4 is 11.8 Å². The maximum absolute atomic E-state index is 13.4. The fraction of sp³-hybridized carbons (Fsp3) is 0.778. The third kappa shape index (κ3) is 5.26. The second-order valence-electron chi connectivity index (χ2n) is 15.1. The van der Waals surface area contributed by atoms with E-state index in [2.05, 4.69) is 34.6 Å². The molecule has 1 aromatic carbocycles. The van der Waals surface area contributed by atoms with Crippen molar-refractivity contribution in [2.75, 3.05) is 7.11 Å². The first-order chi connectivity index (χ1) is 18.6. The molecule has 1 aromatic rings.